The van der Waals surface area contributed by atoms with Crippen LogP contribution in [0.3, 0.4) is 0 Å². The molecule has 0 aliphatic carbocycles. The summed E-state index contributed by atoms with van der Waals surface area (Å²) in [6.07, 6.45) is 0.772. The summed E-state index contributed by atoms with van der Waals surface area (Å²) in [6.45, 7) is 11.1. The lowest BCUT2D eigenvalue weighted by atomic mass is 9.98. The largest absolute Gasteiger partial charge is 0.494 e. The molecule has 108 valence electrons. The highest BCUT2D eigenvalue weighted by Crippen LogP contribution is 2.18. The van der Waals surface area contributed by atoms with Crippen LogP contribution in [0.5, 0.6) is 5.75 Å². The van der Waals surface area contributed by atoms with Gasteiger partial charge in [-0.1, -0.05) is 19.9 Å². The number of aryl methyl sites for hydroxylation is 2. The first kappa shape index (κ1) is 16.0. The molecule has 0 amide bonds. The molecule has 0 aliphatic heterocycles. The number of aliphatic hydroxyl groups excluding tert-OH is 1. The number of rotatable bonds is 7. The Kier molecular flexibility index (Phi) is 5.83. The van der Waals surface area contributed by atoms with Gasteiger partial charge in [-0.2, -0.15) is 0 Å². The zero-order valence-corrected chi connectivity index (χ0v) is 12.8. The summed E-state index contributed by atoms with van der Waals surface area (Å²) in [6, 6.07) is 6.47. The van der Waals surface area contributed by atoms with Crippen molar-refractivity contribution in [3.63, 3.8) is 0 Å². The van der Waals surface area contributed by atoms with Gasteiger partial charge in [0, 0.05) is 18.0 Å². The average Bonchev–Trinajstić information content (AvgIpc) is 2.33. The third-order valence-corrected chi connectivity index (χ3v) is 3.39. The van der Waals surface area contributed by atoms with E-state index in [1.807, 2.05) is 13.0 Å². The van der Waals surface area contributed by atoms with E-state index in [1.165, 1.54) is 11.1 Å². The van der Waals surface area contributed by atoms with Gasteiger partial charge in [0.15, 0.2) is 0 Å². The van der Waals surface area contributed by atoms with Crippen LogP contribution in [0.25, 0.3) is 0 Å². The molecule has 3 heteroatoms. The summed E-state index contributed by atoms with van der Waals surface area (Å²) >= 11 is 0. The van der Waals surface area contributed by atoms with E-state index in [-0.39, 0.29) is 12.1 Å². The van der Waals surface area contributed by atoms with E-state index in [0.717, 1.165) is 12.2 Å². The van der Waals surface area contributed by atoms with Gasteiger partial charge >= 0.3 is 0 Å². The quantitative estimate of drug-likeness (QED) is 0.796. The maximum atomic E-state index is 9.49. The summed E-state index contributed by atoms with van der Waals surface area (Å²) in [4.78, 5) is 0. The Morgan fingerprint density at radius 1 is 1.26 bits per heavy atom. The van der Waals surface area contributed by atoms with Gasteiger partial charge in [-0.05, 0) is 44.0 Å². The molecule has 0 heterocycles. The minimum Gasteiger partial charge on any atom is -0.494 e. The zero-order valence-electron chi connectivity index (χ0n) is 12.8. The lowest BCUT2D eigenvalue weighted by Crippen LogP contribution is -2.49. The van der Waals surface area contributed by atoms with Crippen LogP contribution in [0.15, 0.2) is 18.2 Å². The predicted octanol–water partition coefficient (Wildman–Crippen LogP) is 2.82. The summed E-state index contributed by atoms with van der Waals surface area (Å²) in [7, 11) is 0. The average molecular weight is 265 g/mol. The number of hydrogen-bond donors (Lipinski definition) is 2. The van der Waals surface area contributed by atoms with Gasteiger partial charge in [0.1, 0.15) is 5.75 Å². The third kappa shape index (κ3) is 5.21. The van der Waals surface area contributed by atoms with Crippen molar-refractivity contribution in [2.75, 3.05) is 13.2 Å². The molecule has 1 aromatic rings. The van der Waals surface area contributed by atoms with E-state index >= 15 is 0 Å². The van der Waals surface area contributed by atoms with Crippen LogP contribution in [0.2, 0.25) is 0 Å². The van der Waals surface area contributed by atoms with Crippen LogP contribution in [-0.2, 0) is 0 Å². The molecule has 3 nitrogen and oxygen atoms in total. The number of nitrogens with one attached hydrogen (secondary N) is 1. The highest BCUT2D eigenvalue weighted by Gasteiger charge is 2.23. The fraction of sp³-hybridized carbons (Fsp3) is 0.625. The fourth-order valence-electron chi connectivity index (χ4n) is 2.09. The molecule has 0 aromatic heterocycles. The number of hydrogen-bond acceptors (Lipinski definition) is 3. The van der Waals surface area contributed by atoms with Crippen LogP contribution >= 0.6 is 0 Å². The Bertz CT molecular complexity index is 404. The topological polar surface area (TPSA) is 41.5 Å². The SMILES string of the molecule is Cc1ccc(OCCC(C)(CO)NC(C)C)cc1C. The first-order chi connectivity index (χ1) is 8.86. The van der Waals surface area contributed by atoms with Crippen molar-refractivity contribution in [1.29, 1.82) is 0 Å². The molecule has 0 fully saturated rings. The van der Waals surface area contributed by atoms with Gasteiger partial charge < -0.3 is 15.2 Å². The lowest BCUT2D eigenvalue weighted by Gasteiger charge is -2.31. The number of aliphatic hydroxyl groups is 1. The van der Waals surface area contributed by atoms with Crippen molar-refractivity contribution in [2.45, 2.75) is 52.6 Å². The van der Waals surface area contributed by atoms with Crippen molar-refractivity contribution in [3.8, 4) is 5.75 Å². The van der Waals surface area contributed by atoms with Crippen LogP contribution in [0, 0.1) is 13.8 Å². The molecule has 0 saturated carbocycles. The molecule has 0 spiro atoms. The van der Waals surface area contributed by atoms with E-state index in [9.17, 15) is 5.11 Å². The van der Waals surface area contributed by atoms with Crippen LogP contribution in [-0.4, -0.2) is 29.9 Å². The Labute approximate surface area is 117 Å². The van der Waals surface area contributed by atoms with Crippen molar-refractivity contribution in [3.05, 3.63) is 29.3 Å². The highest BCUT2D eigenvalue weighted by atomic mass is 16.5. The lowest BCUT2D eigenvalue weighted by molar-refractivity contribution is 0.136. The second-order valence-corrected chi connectivity index (χ2v) is 5.86. The molecule has 0 bridgehead atoms. The Balaban J connectivity index is 2.50. The van der Waals surface area contributed by atoms with Crippen molar-refractivity contribution >= 4 is 0 Å². The van der Waals surface area contributed by atoms with Crippen molar-refractivity contribution in [2.24, 2.45) is 0 Å². The van der Waals surface area contributed by atoms with Crippen LogP contribution < -0.4 is 10.1 Å². The predicted molar refractivity (Wildman–Crippen MR) is 79.8 cm³/mol. The van der Waals surface area contributed by atoms with E-state index in [4.69, 9.17) is 4.74 Å². The molecule has 19 heavy (non-hydrogen) atoms. The smallest absolute Gasteiger partial charge is 0.119 e. The molecule has 0 saturated heterocycles. The standard InChI is InChI=1S/C16H27NO2/c1-12(2)17-16(5,11-18)8-9-19-15-7-6-13(3)14(4)10-15/h6-7,10,12,17-18H,8-9,11H2,1-5H3. The van der Waals surface area contributed by atoms with Crippen LogP contribution in [0.1, 0.15) is 38.3 Å². The minimum absolute atomic E-state index is 0.113. The van der Waals surface area contributed by atoms with Gasteiger partial charge in [-0.25, -0.2) is 0 Å². The molecule has 1 rings (SSSR count). The summed E-state index contributed by atoms with van der Waals surface area (Å²) in [5.74, 6) is 0.896. The van der Waals surface area contributed by atoms with Gasteiger partial charge in [0.25, 0.3) is 0 Å². The Morgan fingerprint density at radius 3 is 2.47 bits per heavy atom. The second-order valence-electron chi connectivity index (χ2n) is 5.86. The zero-order chi connectivity index (χ0) is 14.5. The molecule has 1 unspecified atom stereocenters. The summed E-state index contributed by atoms with van der Waals surface area (Å²) in [5, 5.41) is 12.9. The number of ether oxygens (including phenoxy) is 1. The van der Waals surface area contributed by atoms with Crippen molar-refractivity contribution in [1.82, 2.24) is 5.32 Å². The van der Waals surface area contributed by atoms with E-state index < -0.39 is 0 Å². The molecule has 2 N–H and O–H groups in total. The van der Waals surface area contributed by atoms with E-state index in [0.29, 0.717) is 12.6 Å². The normalized spacial score (nSPS) is 14.5. The maximum absolute atomic E-state index is 9.49. The third-order valence-electron chi connectivity index (χ3n) is 3.39. The monoisotopic (exact) mass is 265 g/mol. The Hall–Kier alpha value is -1.06. The van der Waals surface area contributed by atoms with E-state index in [2.05, 4.69) is 45.1 Å². The fourth-order valence-corrected chi connectivity index (χ4v) is 2.09. The van der Waals surface area contributed by atoms with Crippen LogP contribution in [0.4, 0.5) is 0 Å². The van der Waals surface area contributed by atoms with Crippen molar-refractivity contribution < 1.29 is 9.84 Å². The number of benzene rings is 1. The van der Waals surface area contributed by atoms with Gasteiger partial charge in [0.05, 0.1) is 13.2 Å². The first-order valence-corrected chi connectivity index (χ1v) is 6.95. The molecule has 0 aliphatic rings. The second kappa shape index (κ2) is 6.92. The molecule has 1 atom stereocenters. The van der Waals surface area contributed by atoms with Gasteiger partial charge in [-0.15, -0.1) is 0 Å². The molecular weight excluding hydrogens is 238 g/mol. The highest BCUT2D eigenvalue weighted by molar-refractivity contribution is 5.33. The summed E-state index contributed by atoms with van der Waals surface area (Å²) < 4.78 is 5.77. The molecule has 1 aromatic carbocycles. The maximum Gasteiger partial charge on any atom is 0.119 e. The molecule has 0 radical (unpaired) electrons. The minimum atomic E-state index is -0.284. The molecular formula is C16H27NO2. The Morgan fingerprint density at radius 2 is 1.95 bits per heavy atom. The van der Waals surface area contributed by atoms with Gasteiger partial charge in [-0.3, -0.25) is 0 Å². The van der Waals surface area contributed by atoms with E-state index in [1.54, 1.807) is 0 Å². The van der Waals surface area contributed by atoms with Gasteiger partial charge in [0.2, 0.25) is 0 Å². The first-order valence-electron chi connectivity index (χ1n) is 6.95. The summed E-state index contributed by atoms with van der Waals surface area (Å²) in [5.41, 5.74) is 2.23.